The summed E-state index contributed by atoms with van der Waals surface area (Å²) in [5.74, 6) is -1.57. The molecule has 1 fully saturated rings. The minimum absolute atomic E-state index is 0.0562. The Hall–Kier alpha value is -3.10. The van der Waals surface area contributed by atoms with Crippen molar-refractivity contribution >= 4 is 23.9 Å². The molecule has 0 radical (unpaired) electrons. The second-order valence-electron chi connectivity index (χ2n) is 6.77. The van der Waals surface area contributed by atoms with Gasteiger partial charge in [0.1, 0.15) is 6.04 Å². The molecule has 28 heavy (non-hydrogen) atoms. The van der Waals surface area contributed by atoms with Gasteiger partial charge in [-0.15, -0.1) is 0 Å². The molecule has 2 rings (SSSR count). The first-order valence-corrected chi connectivity index (χ1v) is 9.27. The number of nitrogens with one attached hydrogen (secondary N) is 3. The number of primary amides is 1. The van der Waals surface area contributed by atoms with E-state index in [4.69, 9.17) is 10.5 Å². The average molecular weight is 390 g/mol. The largest absolute Gasteiger partial charge is 0.451 e. The minimum atomic E-state index is -1.21. The number of ether oxygens (including phenoxy) is 1. The lowest BCUT2D eigenvalue weighted by Crippen LogP contribution is -2.50. The van der Waals surface area contributed by atoms with Crippen LogP contribution in [0, 0.1) is 0 Å². The van der Waals surface area contributed by atoms with Crippen molar-refractivity contribution in [3.8, 4) is 0 Å². The molecular formula is C19H26N4O5. The topological polar surface area (TPSA) is 140 Å². The Morgan fingerprint density at radius 3 is 2.39 bits per heavy atom. The van der Waals surface area contributed by atoms with Gasteiger partial charge in [-0.1, -0.05) is 43.2 Å². The first kappa shape index (κ1) is 21.2. The number of hydrogen-bond acceptors (Lipinski definition) is 5. The summed E-state index contributed by atoms with van der Waals surface area (Å²) in [4.78, 5) is 47.6. The van der Waals surface area contributed by atoms with Gasteiger partial charge in [-0.2, -0.15) is 0 Å². The predicted octanol–water partition coefficient (Wildman–Crippen LogP) is 0.966. The van der Waals surface area contributed by atoms with E-state index in [1.807, 2.05) is 6.07 Å². The summed E-state index contributed by atoms with van der Waals surface area (Å²) in [6.07, 6.45) is 2.79. The first-order valence-electron chi connectivity index (χ1n) is 9.27. The van der Waals surface area contributed by atoms with E-state index in [1.165, 1.54) is 6.92 Å². The van der Waals surface area contributed by atoms with Crippen LogP contribution in [0.4, 0.5) is 9.59 Å². The van der Waals surface area contributed by atoms with Gasteiger partial charge in [-0.25, -0.2) is 14.4 Å². The fraction of sp³-hybridized carbons (Fsp3) is 0.474. The standard InChI is InChI=1S/C19H26N4O5/c1-12(16(24)23-19(27)21-14-9-5-6-10-14)28-17(25)15(22-18(20)26)11-13-7-3-2-4-8-13/h2-4,7-8,12,14-15H,5-6,9-11H2,1H3,(H3,20,22,26)(H2,21,23,24,27)/t12-,15+/m1/s1. The molecule has 1 aliphatic carbocycles. The van der Waals surface area contributed by atoms with E-state index in [-0.39, 0.29) is 12.5 Å². The second kappa shape index (κ2) is 10.3. The molecular weight excluding hydrogens is 364 g/mol. The molecule has 5 N–H and O–H groups in total. The average Bonchev–Trinajstić information content (AvgIpc) is 3.14. The van der Waals surface area contributed by atoms with Crippen LogP contribution in [0.5, 0.6) is 0 Å². The van der Waals surface area contributed by atoms with Crippen LogP contribution >= 0.6 is 0 Å². The number of benzene rings is 1. The van der Waals surface area contributed by atoms with Crippen molar-refractivity contribution in [2.75, 3.05) is 0 Å². The summed E-state index contributed by atoms with van der Waals surface area (Å²) in [5, 5.41) is 7.19. The van der Waals surface area contributed by atoms with Crippen LogP contribution in [0.1, 0.15) is 38.2 Å². The summed E-state index contributed by atoms with van der Waals surface area (Å²) in [7, 11) is 0. The third-order valence-corrected chi connectivity index (χ3v) is 4.47. The Bertz CT molecular complexity index is 704. The molecule has 152 valence electrons. The zero-order valence-electron chi connectivity index (χ0n) is 15.8. The van der Waals surface area contributed by atoms with Crippen LogP contribution in [0.25, 0.3) is 0 Å². The first-order chi connectivity index (χ1) is 13.3. The molecule has 0 aliphatic heterocycles. The van der Waals surface area contributed by atoms with E-state index >= 15 is 0 Å². The monoisotopic (exact) mass is 390 g/mol. The summed E-state index contributed by atoms with van der Waals surface area (Å²) in [5.41, 5.74) is 5.91. The number of nitrogens with two attached hydrogens (primary N) is 1. The maximum Gasteiger partial charge on any atom is 0.329 e. The van der Waals surface area contributed by atoms with E-state index in [1.54, 1.807) is 24.3 Å². The van der Waals surface area contributed by atoms with Crippen LogP contribution in [-0.2, 0) is 20.7 Å². The maximum absolute atomic E-state index is 12.4. The minimum Gasteiger partial charge on any atom is -0.451 e. The highest BCUT2D eigenvalue weighted by atomic mass is 16.5. The van der Waals surface area contributed by atoms with Gasteiger partial charge in [-0.05, 0) is 25.3 Å². The highest BCUT2D eigenvalue weighted by molar-refractivity contribution is 5.97. The zero-order valence-corrected chi connectivity index (χ0v) is 15.8. The van der Waals surface area contributed by atoms with Gasteiger partial charge >= 0.3 is 18.0 Å². The van der Waals surface area contributed by atoms with Crippen LogP contribution in [-0.4, -0.2) is 42.1 Å². The molecule has 0 heterocycles. The molecule has 5 amide bonds. The number of esters is 1. The fourth-order valence-corrected chi connectivity index (χ4v) is 3.03. The number of carbonyl (C=O) groups is 4. The summed E-state index contributed by atoms with van der Waals surface area (Å²) in [6.45, 7) is 1.35. The lowest BCUT2D eigenvalue weighted by Gasteiger charge is -2.20. The normalized spacial score (nSPS) is 15.9. The maximum atomic E-state index is 12.4. The zero-order chi connectivity index (χ0) is 20.5. The lowest BCUT2D eigenvalue weighted by atomic mass is 10.1. The molecule has 0 aromatic heterocycles. The number of carbonyl (C=O) groups excluding carboxylic acids is 4. The van der Waals surface area contributed by atoms with Crippen LogP contribution in [0.3, 0.4) is 0 Å². The number of imide groups is 1. The Labute approximate surface area is 163 Å². The van der Waals surface area contributed by atoms with Gasteiger partial charge in [-0.3, -0.25) is 10.1 Å². The van der Waals surface area contributed by atoms with Crippen LogP contribution in [0.2, 0.25) is 0 Å². The van der Waals surface area contributed by atoms with Gasteiger partial charge in [0.2, 0.25) is 0 Å². The summed E-state index contributed by atoms with van der Waals surface area (Å²) < 4.78 is 5.12. The van der Waals surface area contributed by atoms with E-state index in [9.17, 15) is 19.2 Å². The molecule has 0 unspecified atom stereocenters. The molecule has 2 atom stereocenters. The van der Waals surface area contributed by atoms with E-state index in [2.05, 4.69) is 16.0 Å². The molecule has 1 saturated carbocycles. The third kappa shape index (κ3) is 6.90. The number of rotatable bonds is 7. The molecule has 0 spiro atoms. The van der Waals surface area contributed by atoms with Crippen molar-refractivity contribution in [3.05, 3.63) is 35.9 Å². The Morgan fingerprint density at radius 2 is 1.79 bits per heavy atom. The van der Waals surface area contributed by atoms with Crippen LogP contribution in [0.15, 0.2) is 30.3 Å². The molecule has 1 aromatic carbocycles. The van der Waals surface area contributed by atoms with Crippen molar-refractivity contribution in [2.45, 2.75) is 57.2 Å². The van der Waals surface area contributed by atoms with Crippen molar-refractivity contribution in [3.63, 3.8) is 0 Å². The predicted molar refractivity (Wildman–Crippen MR) is 101 cm³/mol. The van der Waals surface area contributed by atoms with Gasteiger partial charge in [0.15, 0.2) is 6.10 Å². The van der Waals surface area contributed by atoms with Crippen molar-refractivity contribution < 1.29 is 23.9 Å². The molecule has 9 nitrogen and oxygen atoms in total. The SMILES string of the molecule is C[C@@H](OC(=O)[C@H](Cc1ccccc1)NC(N)=O)C(=O)NC(=O)NC1CCCC1. The number of amides is 5. The number of hydrogen-bond donors (Lipinski definition) is 4. The van der Waals surface area contributed by atoms with E-state index in [0.717, 1.165) is 31.2 Å². The van der Waals surface area contributed by atoms with Crippen LogP contribution < -0.4 is 21.7 Å². The molecule has 0 bridgehead atoms. The quantitative estimate of drug-likeness (QED) is 0.514. The molecule has 1 aromatic rings. The molecule has 1 aliphatic rings. The van der Waals surface area contributed by atoms with Crippen molar-refractivity contribution in [1.29, 1.82) is 0 Å². The fourth-order valence-electron chi connectivity index (χ4n) is 3.03. The van der Waals surface area contributed by atoms with Crippen molar-refractivity contribution in [1.82, 2.24) is 16.0 Å². The van der Waals surface area contributed by atoms with E-state index < -0.39 is 36.1 Å². The third-order valence-electron chi connectivity index (χ3n) is 4.47. The van der Waals surface area contributed by atoms with Gasteiger partial charge < -0.3 is 21.1 Å². The second-order valence-corrected chi connectivity index (χ2v) is 6.77. The molecule has 0 saturated heterocycles. The Morgan fingerprint density at radius 1 is 1.14 bits per heavy atom. The Kier molecular flexibility index (Phi) is 7.79. The summed E-state index contributed by atoms with van der Waals surface area (Å²) in [6, 6.07) is 6.48. The highest BCUT2D eigenvalue weighted by Gasteiger charge is 2.27. The highest BCUT2D eigenvalue weighted by Crippen LogP contribution is 2.17. The Balaban J connectivity index is 1.88. The summed E-state index contributed by atoms with van der Waals surface area (Å²) >= 11 is 0. The van der Waals surface area contributed by atoms with Crippen molar-refractivity contribution in [2.24, 2.45) is 5.73 Å². The molecule has 9 heteroatoms. The lowest BCUT2D eigenvalue weighted by molar-refractivity contribution is -0.156. The van der Waals surface area contributed by atoms with Gasteiger partial charge in [0.25, 0.3) is 5.91 Å². The van der Waals surface area contributed by atoms with E-state index in [0.29, 0.717) is 0 Å². The van der Waals surface area contributed by atoms with Gasteiger partial charge in [0.05, 0.1) is 0 Å². The smallest absolute Gasteiger partial charge is 0.329 e. The van der Waals surface area contributed by atoms with Gasteiger partial charge in [0, 0.05) is 12.5 Å². The number of urea groups is 2.